The van der Waals surface area contributed by atoms with Gasteiger partial charge in [-0.05, 0) is 55.4 Å². The van der Waals surface area contributed by atoms with E-state index in [0.717, 1.165) is 53.1 Å². The van der Waals surface area contributed by atoms with Gasteiger partial charge in [-0.15, -0.1) is 0 Å². The van der Waals surface area contributed by atoms with Crippen LogP contribution in [0.1, 0.15) is 78.2 Å². The molecule has 1 aliphatic carbocycles. The Kier molecular flexibility index (Phi) is 11.7. The average Bonchev–Trinajstić information content (AvgIpc) is 2.98. The predicted octanol–water partition coefficient (Wildman–Crippen LogP) is 5.01. The van der Waals surface area contributed by atoms with Crippen molar-refractivity contribution < 1.29 is 23.8 Å². The highest BCUT2D eigenvalue weighted by Crippen LogP contribution is 2.38. The Morgan fingerprint density at radius 1 is 1.28 bits per heavy atom. The highest BCUT2D eigenvalue weighted by Gasteiger charge is 2.31. The Balaban J connectivity index is 2.56. The number of carbonyl (C=O) groups excluding carboxylic acids is 2. The fraction of sp³-hybridized carbons (Fsp3) is 0.586. The minimum absolute atomic E-state index is 0.0245. The zero-order valence-corrected chi connectivity index (χ0v) is 22.9. The summed E-state index contributed by atoms with van der Waals surface area (Å²) in [5.74, 6) is 0.475. The third-order valence-corrected chi connectivity index (χ3v) is 7.24. The molecule has 1 aromatic rings. The molecule has 0 aromatic heterocycles. The van der Waals surface area contributed by atoms with Crippen molar-refractivity contribution in [3.05, 3.63) is 52.4 Å². The molecule has 36 heavy (non-hydrogen) atoms. The van der Waals surface area contributed by atoms with Crippen molar-refractivity contribution in [2.45, 2.75) is 72.6 Å². The van der Waals surface area contributed by atoms with E-state index in [1.807, 2.05) is 31.2 Å². The van der Waals surface area contributed by atoms with Crippen LogP contribution >= 0.6 is 0 Å². The number of benzene rings is 1. The van der Waals surface area contributed by atoms with Gasteiger partial charge in [0.1, 0.15) is 5.75 Å². The number of allylic oxidation sites excluding steroid dienone is 2. The van der Waals surface area contributed by atoms with E-state index >= 15 is 0 Å². The molecular weight excluding hydrogens is 456 g/mol. The molecule has 0 amide bonds. The van der Waals surface area contributed by atoms with Gasteiger partial charge in [0.05, 0.1) is 33.4 Å². The highest BCUT2D eigenvalue weighted by molar-refractivity contribution is 5.96. The molecule has 7 nitrogen and oxygen atoms in total. The van der Waals surface area contributed by atoms with Gasteiger partial charge in [-0.3, -0.25) is 9.59 Å². The Bertz CT molecular complexity index is 968. The molecule has 1 aliphatic rings. The quantitative estimate of drug-likeness (QED) is 0.290. The van der Waals surface area contributed by atoms with Crippen LogP contribution in [0.2, 0.25) is 0 Å². The Hall–Kier alpha value is -2.64. The topological polar surface area (TPSA) is 99.9 Å². The first kappa shape index (κ1) is 29.6. The van der Waals surface area contributed by atoms with E-state index in [1.165, 1.54) is 0 Å². The third-order valence-electron chi connectivity index (χ3n) is 7.24. The summed E-state index contributed by atoms with van der Waals surface area (Å²) in [6, 6.07) is 7.82. The van der Waals surface area contributed by atoms with Crippen molar-refractivity contribution in [2.24, 2.45) is 11.1 Å². The van der Waals surface area contributed by atoms with Gasteiger partial charge < -0.3 is 25.3 Å². The molecule has 0 saturated heterocycles. The number of ketones is 1. The van der Waals surface area contributed by atoms with Crippen LogP contribution in [0, 0.1) is 5.41 Å². The third kappa shape index (κ3) is 8.20. The minimum Gasteiger partial charge on any atom is -0.497 e. The second kappa shape index (κ2) is 14.2. The second-order valence-corrected chi connectivity index (χ2v) is 9.82. The van der Waals surface area contributed by atoms with E-state index in [1.54, 1.807) is 14.0 Å². The highest BCUT2D eigenvalue weighted by atomic mass is 16.5. The molecule has 0 saturated carbocycles. The zero-order valence-electron chi connectivity index (χ0n) is 22.9. The van der Waals surface area contributed by atoms with Crippen LogP contribution in [-0.4, -0.2) is 45.2 Å². The Morgan fingerprint density at radius 3 is 2.67 bits per heavy atom. The summed E-state index contributed by atoms with van der Waals surface area (Å²) in [5.41, 5.74) is 9.93. The molecule has 0 radical (unpaired) electrons. The Morgan fingerprint density at radius 2 is 2.03 bits per heavy atom. The predicted molar refractivity (Wildman–Crippen MR) is 143 cm³/mol. The van der Waals surface area contributed by atoms with E-state index in [9.17, 15) is 9.59 Å². The number of ether oxygens (including phenoxy) is 3. The van der Waals surface area contributed by atoms with E-state index in [-0.39, 0.29) is 36.1 Å². The van der Waals surface area contributed by atoms with Crippen molar-refractivity contribution in [2.75, 3.05) is 33.5 Å². The summed E-state index contributed by atoms with van der Waals surface area (Å²) >= 11 is 0. The molecule has 0 bridgehead atoms. The number of hydrogen-bond donors (Lipinski definition) is 2. The van der Waals surface area contributed by atoms with Crippen molar-refractivity contribution in [3.63, 3.8) is 0 Å². The smallest absolute Gasteiger partial charge is 0.310 e. The van der Waals surface area contributed by atoms with Gasteiger partial charge in [-0.1, -0.05) is 39.3 Å². The van der Waals surface area contributed by atoms with Gasteiger partial charge in [0.25, 0.3) is 0 Å². The van der Waals surface area contributed by atoms with E-state index in [2.05, 4.69) is 26.1 Å². The lowest BCUT2D eigenvalue weighted by Gasteiger charge is -2.26. The number of rotatable bonds is 13. The molecule has 1 aromatic carbocycles. The number of hydrogen-bond acceptors (Lipinski definition) is 7. The van der Waals surface area contributed by atoms with Crippen molar-refractivity contribution in [1.29, 1.82) is 0 Å². The van der Waals surface area contributed by atoms with Gasteiger partial charge in [0, 0.05) is 35.9 Å². The van der Waals surface area contributed by atoms with Crippen LogP contribution in [0.5, 0.6) is 5.75 Å². The molecule has 7 heteroatoms. The standard InChI is InChI=1S/C29H44N2O5/c1-7-29(5)13-12-25(21(4)27(32)18-29)31-26(19-35-15-14-30)24(17-28(33)36-8-2)20(3)22-10-9-11-23(16-22)34-6/h9-11,16,20,31H,7-8,12-15,17-19,30H2,1-6H3/b26-24-. The molecule has 0 fully saturated rings. The van der Waals surface area contributed by atoms with Gasteiger partial charge in [-0.2, -0.15) is 0 Å². The van der Waals surface area contributed by atoms with Gasteiger partial charge in [-0.25, -0.2) is 0 Å². The minimum atomic E-state index is -0.304. The zero-order chi connectivity index (χ0) is 26.7. The van der Waals surface area contributed by atoms with Crippen molar-refractivity contribution in [3.8, 4) is 5.75 Å². The first-order valence-electron chi connectivity index (χ1n) is 13.0. The normalized spacial score (nSPS) is 19.9. The largest absolute Gasteiger partial charge is 0.497 e. The first-order chi connectivity index (χ1) is 17.2. The molecule has 0 spiro atoms. The number of carbonyl (C=O) groups is 2. The van der Waals surface area contributed by atoms with E-state index in [4.69, 9.17) is 19.9 Å². The lowest BCUT2D eigenvalue weighted by Crippen LogP contribution is -2.25. The number of nitrogens with one attached hydrogen (secondary N) is 1. The van der Waals surface area contributed by atoms with Crippen LogP contribution in [0.25, 0.3) is 0 Å². The summed E-state index contributed by atoms with van der Waals surface area (Å²) in [7, 11) is 1.63. The number of nitrogens with two attached hydrogens (primary N) is 1. The average molecular weight is 501 g/mol. The summed E-state index contributed by atoms with van der Waals surface area (Å²) in [5, 5.41) is 3.56. The molecule has 0 heterocycles. The summed E-state index contributed by atoms with van der Waals surface area (Å²) < 4.78 is 16.6. The fourth-order valence-electron chi connectivity index (χ4n) is 4.50. The number of esters is 1. The summed E-state index contributed by atoms with van der Waals surface area (Å²) in [6.07, 6.45) is 3.25. The maximum atomic E-state index is 13.0. The van der Waals surface area contributed by atoms with Gasteiger partial charge >= 0.3 is 5.97 Å². The molecule has 2 atom stereocenters. The molecule has 0 aliphatic heterocycles. The van der Waals surface area contributed by atoms with Gasteiger partial charge in [0.15, 0.2) is 5.78 Å². The molecule has 3 N–H and O–H groups in total. The maximum absolute atomic E-state index is 13.0. The second-order valence-electron chi connectivity index (χ2n) is 9.82. The van der Waals surface area contributed by atoms with Crippen molar-refractivity contribution >= 4 is 11.8 Å². The lowest BCUT2D eigenvalue weighted by atomic mass is 9.79. The monoisotopic (exact) mass is 500 g/mol. The fourth-order valence-corrected chi connectivity index (χ4v) is 4.50. The van der Waals surface area contributed by atoms with Gasteiger partial charge in [0.2, 0.25) is 0 Å². The first-order valence-corrected chi connectivity index (χ1v) is 13.0. The Labute approximate surface area is 216 Å². The van der Waals surface area contributed by atoms with E-state index < -0.39 is 0 Å². The SMILES string of the molecule is CCOC(=O)C/C(=C(\COCCN)NC1=C(C)C(=O)CC(C)(CC)CC1)C(C)c1cccc(OC)c1. The molecule has 2 unspecified atom stereocenters. The van der Waals surface area contributed by atoms with Crippen LogP contribution in [0.3, 0.4) is 0 Å². The van der Waals surface area contributed by atoms with Crippen LogP contribution < -0.4 is 15.8 Å². The van der Waals surface area contributed by atoms with Crippen LogP contribution in [0.15, 0.2) is 46.8 Å². The van der Waals surface area contributed by atoms with Crippen molar-refractivity contribution in [1.82, 2.24) is 5.32 Å². The molecular formula is C29H44N2O5. The number of Topliss-reactive ketones (excluding diaryl/α,β-unsaturated/α-hetero) is 1. The summed E-state index contributed by atoms with van der Waals surface area (Å²) in [4.78, 5) is 25.7. The molecule has 2 rings (SSSR count). The summed E-state index contributed by atoms with van der Waals surface area (Å²) in [6.45, 7) is 11.4. The molecule has 200 valence electrons. The number of methoxy groups -OCH3 is 1. The van der Waals surface area contributed by atoms with E-state index in [0.29, 0.717) is 26.2 Å². The maximum Gasteiger partial charge on any atom is 0.310 e. The van der Waals surface area contributed by atoms with Crippen LogP contribution in [0.4, 0.5) is 0 Å². The lowest BCUT2D eigenvalue weighted by molar-refractivity contribution is -0.142. The van der Waals surface area contributed by atoms with Crippen LogP contribution in [-0.2, 0) is 19.1 Å².